The van der Waals surface area contributed by atoms with Crippen LogP contribution in [0.5, 0.6) is 0 Å². The molecule has 0 bridgehead atoms. The van der Waals surface area contributed by atoms with Crippen LogP contribution in [0.1, 0.15) is 26.7 Å². The molecule has 0 saturated heterocycles. The minimum atomic E-state index is 0.167. The number of hydrogen-bond donors (Lipinski definition) is 0. The lowest BCUT2D eigenvalue weighted by Crippen LogP contribution is -2.12. The maximum Gasteiger partial charge on any atom is 0.140 e. The number of allylic oxidation sites excluding steroid dienone is 1. The molecule has 0 aromatic carbocycles. The van der Waals surface area contributed by atoms with Crippen molar-refractivity contribution in [1.29, 1.82) is 0 Å². The minimum absolute atomic E-state index is 0.167. The van der Waals surface area contributed by atoms with Gasteiger partial charge in [0.15, 0.2) is 0 Å². The Hall–Kier alpha value is -0.590. The second kappa shape index (κ2) is 2.57. The SMILES string of the molecule is C=C(C)C1C(=O)CCC1C. The number of Topliss-reactive ketones (excluding diaryl/α,β-unsaturated/α-hetero) is 1. The van der Waals surface area contributed by atoms with E-state index in [1.165, 1.54) is 0 Å². The maximum absolute atomic E-state index is 11.2. The molecule has 0 amide bonds. The number of carbonyl (C=O) groups is 1. The zero-order valence-electron chi connectivity index (χ0n) is 6.68. The Kier molecular flexibility index (Phi) is 1.93. The molecule has 1 aliphatic rings. The van der Waals surface area contributed by atoms with Crippen LogP contribution in [0, 0.1) is 11.8 Å². The molecule has 2 atom stereocenters. The van der Waals surface area contributed by atoms with E-state index in [4.69, 9.17) is 0 Å². The fourth-order valence-corrected chi connectivity index (χ4v) is 1.77. The van der Waals surface area contributed by atoms with E-state index >= 15 is 0 Å². The van der Waals surface area contributed by atoms with Crippen molar-refractivity contribution in [2.45, 2.75) is 26.7 Å². The highest BCUT2D eigenvalue weighted by molar-refractivity contribution is 5.85. The molecule has 56 valence electrons. The van der Waals surface area contributed by atoms with Gasteiger partial charge in [-0.1, -0.05) is 19.1 Å². The Balaban J connectivity index is 2.72. The zero-order valence-corrected chi connectivity index (χ0v) is 6.68. The molecule has 2 unspecified atom stereocenters. The lowest BCUT2D eigenvalue weighted by atomic mass is 9.91. The first-order chi connectivity index (χ1) is 4.63. The molecule has 0 aliphatic heterocycles. The van der Waals surface area contributed by atoms with Gasteiger partial charge in [-0.2, -0.15) is 0 Å². The van der Waals surface area contributed by atoms with Gasteiger partial charge in [0.05, 0.1) is 0 Å². The van der Waals surface area contributed by atoms with E-state index in [0.717, 1.165) is 18.4 Å². The number of hydrogen-bond acceptors (Lipinski definition) is 1. The van der Waals surface area contributed by atoms with Gasteiger partial charge in [0, 0.05) is 12.3 Å². The highest BCUT2D eigenvalue weighted by atomic mass is 16.1. The molecule has 0 heterocycles. The van der Waals surface area contributed by atoms with Crippen molar-refractivity contribution in [2.24, 2.45) is 11.8 Å². The quantitative estimate of drug-likeness (QED) is 0.507. The molecule has 1 nitrogen and oxygen atoms in total. The van der Waals surface area contributed by atoms with Crippen molar-refractivity contribution in [2.75, 3.05) is 0 Å². The van der Waals surface area contributed by atoms with E-state index in [-0.39, 0.29) is 5.92 Å². The average Bonchev–Trinajstić information content (AvgIpc) is 2.11. The van der Waals surface area contributed by atoms with Gasteiger partial charge in [-0.3, -0.25) is 4.79 Å². The molecule has 0 aromatic heterocycles. The summed E-state index contributed by atoms with van der Waals surface area (Å²) in [5.41, 5.74) is 1.04. The van der Waals surface area contributed by atoms with Crippen LogP contribution < -0.4 is 0 Å². The van der Waals surface area contributed by atoms with Gasteiger partial charge in [0.25, 0.3) is 0 Å². The topological polar surface area (TPSA) is 17.1 Å². The highest BCUT2D eigenvalue weighted by Gasteiger charge is 2.31. The molecular weight excluding hydrogens is 124 g/mol. The van der Waals surface area contributed by atoms with Gasteiger partial charge < -0.3 is 0 Å². The van der Waals surface area contributed by atoms with Crippen LogP contribution in [0.3, 0.4) is 0 Å². The summed E-state index contributed by atoms with van der Waals surface area (Å²) in [6.45, 7) is 7.90. The van der Waals surface area contributed by atoms with Gasteiger partial charge >= 0.3 is 0 Å². The molecule has 0 spiro atoms. The Bertz CT molecular complexity index is 170. The minimum Gasteiger partial charge on any atom is -0.299 e. The summed E-state index contributed by atoms with van der Waals surface area (Å²) in [4.78, 5) is 11.2. The molecule has 1 aliphatic carbocycles. The van der Waals surface area contributed by atoms with E-state index in [1.807, 2.05) is 6.92 Å². The fourth-order valence-electron chi connectivity index (χ4n) is 1.77. The first-order valence-corrected chi connectivity index (χ1v) is 3.81. The summed E-state index contributed by atoms with van der Waals surface area (Å²) in [7, 11) is 0. The standard InChI is InChI=1S/C9H14O/c1-6(2)9-7(3)4-5-8(9)10/h7,9H,1,4-5H2,2-3H3. The lowest BCUT2D eigenvalue weighted by molar-refractivity contribution is -0.120. The summed E-state index contributed by atoms with van der Waals surface area (Å²) >= 11 is 0. The molecule has 10 heavy (non-hydrogen) atoms. The van der Waals surface area contributed by atoms with Crippen molar-refractivity contribution in [3.63, 3.8) is 0 Å². The third kappa shape index (κ3) is 1.13. The highest BCUT2D eigenvalue weighted by Crippen LogP contribution is 2.32. The van der Waals surface area contributed by atoms with Gasteiger partial charge in [0.1, 0.15) is 5.78 Å². The summed E-state index contributed by atoms with van der Waals surface area (Å²) in [5.74, 6) is 1.09. The normalized spacial score (nSPS) is 32.8. The number of ketones is 1. The van der Waals surface area contributed by atoms with E-state index < -0.39 is 0 Å². The van der Waals surface area contributed by atoms with Crippen LogP contribution in [0.4, 0.5) is 0 Å². The Morgan fingerprint density at radius 1 is 1.70 bits per heavy atom. The molecule has 0 aromatic rings. The molecule has 0 radical (unpaired) electrons. The predicted molar refractivity (Wildman–Crippen MR) is 41.7 cm³/mol. The number of rotatable bonds is 1. The largest absolute Gasteiger partial charge is 0.299 e. The second-order valence-electron chi connectivity index (χ2n) is 3.31. The van der Waals surface area contributed by atoms with Crippen molar-refractivity contribution >= 4 is 5.78 Å². The van der Waals surface area contributed by atoms with Crippen molar-refractivity contribution in [3.8, 4) is 0 Å². The smallest absolute Gasteiger partial charge is 0.140 e. The fraction of sp³-hybridized carbons (Fsp3) is 0.667. The van der Waals surface area contributed by atoms with Crippen LogP contribution >= 0.6 is 0 Å². The van der Waals surface area contributed by atoms with Crippen LogP contribution in [0.2, 0.25) is 0 Å². The first-order valence-electron chi connectivity index (χ1n) is 3.81. The third-order valence-corrected chi connectivity index (χ3v) is 2.29. The first kappa shape index (κ1) is 7.52. The Morgan fingerprint density at radius 2 is 2.30 bits per heavy atom. The third-order valence-electron chi connectivity index (χ3n) is 2.29. The van der Waals surface area contributed by atoms with E-state index in [0.29, 0.717) is 11.7 Å². The van der Waals surface area contributed by atoms with Gasteiger partial charge in [-0.05, 0) is 19.3 Å². The van der Waals surface area contributed by atoms with Crippen molar-refractivity contribution < 1.29 is 4.79 Å². The van der Waals surface area contributed by atoms with E-state index in [1.54, 1.807) is 0 Å². The lowest BCUT2D eigenvalue weighted by Gasteiger charge is -2.12. The second-order valence-corrected chi connectivity index (χ2v) is 3.31. The monoisotopic (exact) mass is 138 g/mol. The van der Waals surface area contributed by atoms with Gasteiger partial charge in [0.2, 0.25) is 0 Å². The Morgan fingerprint density at radius 3 is 2.50 bits per heavy atom. The van der Waals surface area contributed by atoms with E-state index in [9.17, 15) is 4.79 Å². The molecule has 1 saturated carbocycles. The molecule has 0 N–H and O–H groups in total. The molecule has 1 heteroatoms. The summed E-state index contributed by atoms with van der Waals surface area (Å²) in [5, 5.41) is 0. The van der Waals surface area contributed by atoms with Crippen molar-refractivity contribution in [3.05, 3.63) is 12.2 Å². The average molecular weight is 138 g/mol. The summed E-state index contributed by atoms with van der Waals surface area (Å²) in [6, 6.07) is 0. The van der Waals surface area contributed by atoms with Crippen molar-refractivity contribution in [1.82, 2.24) is 0 Å². The molecule has 1 fully saturated rings. The zero-order chi connectivity index (χ0) is 7.72. The van der Waals surface area contributed by atoms with E-state index in [2.05, 4.69) is 13.5 Å². The molecule has 1 rings (SSSR count). The van der Waals surface area contributed by atoms with Crippen LogP contribution in [0.15, 0.2) is 12.2 Å². The van der Waals surface area contributed by atoms with Crippen LogP contribution in [-0.4, -0.2) is 5.78 Å². The van der Waals surface area contributed by atoms with Crippen LogP contribution in [0.25, 0.3) is 0 Å². The van der Waals surface area contributed by atoms with Gasteiger partial charge in [-0.25, -0.2) is 0 Å². The predicted octanol–water partition coefficient (Wildman–Crippen LogP) is 2.18. The molecular formula is C9H14O. The van der Waals surface area contributed by atoms with Crippen LogP contribution in [-0.2, 0) is 4.79 Å². The van der Waals surface area contributed by atoms with Gasteiger partial charge in [-0.15, -0.1) is 0 Å². The summed E-state index contributed by atoms with van der Waals surface area (Å²) < 4.78 is 0. The summed E-state index contributed by atoms with van der Waals surface area (Å²) in [6.07, 6.45) is 1.81. The maximum atomic E-state index is 11.2. The number of carbonyl (C=O) groups excluding carboxylic acids is 1. The Labute approximate surface area is 62.1 Å².